The van der Waals surface area contributed by atoms with E-state index in [-0.39, 0.29) is 23.8 Å². The van der Waals surface area contributed by atoms with Gasteiger partial charge in [0.15, 0.2) is 11.6 Å². The Morgan fingerprint density at radius 3 is 2.62 bits per heavy atom. The van der Waals surface area contributed by atoms with Gasteiger partial charge in [0.2, 0.25) is 0 Å². The normalized spacial score (nSPS) is 11.2. The fourth-order valence-corrected chi connectivity index (χ4v) is 2.61. The van der Waals surface area contributed by atoms with Gasteiger partial charge in [0, 0.05) is 25.6 Å². The third-order valence-electron chi connectivity index (χ3n) is 4.01. The van der Waals surface area contributed by atoms with E-state index in [9.17, 15) is 8.78 Å². The maximum Gasteiger partial charge on any atom is 0.263 e. The minimum absolute atomic E-state index is 0.203. The highest BCUT2D eigenvalue weighted by Gasteiger charge is 2.19. The van der Waals surface area contributed by atoms with Gasteiger partial charge in [-0.1, -0.05) is 11.2 Å². The van der Waals surface area contributed by atoms with Crippen molar-refractivity contribution >= 4 is 0 Å². The zero-order chi connectivity index (χ0) is 18.3. The standard InChI is InChI=1S/C17H14F2N6O/c1-10-21-13(8-24(10)2)16-20-6-7-25(16)9-14-22-17(26-23-14)15-11(18)4-3-5-12(15)19/h3-8H,9H2,1-2H3. The van der Waals surface area contributed by atoms with Crippen LogP contribution in [0.25, 0.3) is 23.0 Å². The highest BCUT2D eigenvalue weighted by molar-refractivity contribution is 5.54. The average molecular weight is 356 g/mol. The number of benzene rings is 1. The zero-order valence-electron chi connectivity index (χ0n) is 14.0. The summed E-state index contributed by atoms with van der Waals surface area (Å²) in [6, 6.07) is 3.55. The van der Waals surface area contributed by atoms with E-state index in [1.165, 1.54) is 6.07 Å². The van der Waals surface area contributed by atoms with Gasteiger partial charge < -0.3 is 13.7 Å². The van der Waals surface area contributed by atoms with Crippen LogP contribution in [0.3, 0.4) is 0 Å². The summed E-state index contributed by atoms with van der Waals surface area (Å²) in [5.74, 6) is 0.0454. The zero-order valence-corrected chi connectivity index (χ0v) is 14.0. The topological polar surface area (TPSA) is 74.6 Å². The first-order valence-corrected chi connectivity index (χ1v) is 7.81. The molecule has 4 aromatic rings. The lowest BCUT2D eigenvalue weighted by Crippen LogP contribution is -2.03. The van der Waals surface area contributed by atoms with Crippen molar-refractivity contribution < 1.29 is 13.3 Å². The van der Waals surface area contributed by atoms with Gasteiger partial charge in [-0.05, 0) is 19.1 Å². The van der Waals surface area contributed by atoms with Gasteiger partial charge in [0.25, 0.3) is 5.89 Å². The van der Waals surface area contributed by atoms with Crippen LogP contribution in [0.1, 0.15) is 11.6 Å². The van der Waals surface area contributed by atoms with Crippen LogP contribution in [-0.2, 0) is 13.6 Å². The van der Waals surface area contributed by atoms with Crippen LogP contribution < -0.4 is 0 Å². The smallest absolute Gasteiger partial charge is 0.263 e. The molecule has 132 valence electrons. The van der Waals surface area contributed by atoms with Gasteiger partial charge in [0.05, 0.1) is 6.54 Å². The van der Waals surface area contributed by atoms with Crippen LogP contribution in [0.5, 0.6) is 0 Å². The Hall–Kier alpha value is -3.36. The van der Waals surface area contributed by atoms with Crippen LogP contribution in [0.4, 0.5) is 8.78 Å². The largest absolute Gasteiger partial charge is 0.337 e. The highest BCUT2D eigenvalue weighted by atomic mass is 19.1. The maximum atomic E-state index is 13.9. The minimum Gasteiger partial charge on any atom is -0.337 e. The molecule has 3 heterocycles. The van der Waals surface area contributed by atoms with Crippen molar-refractivity contribution in [2.45, 2.75) is 13.5 Å². The van der Waals surface area contributed by atoms with Crippen molar-refractivity contribution in [1.82, 2.24) is 29.2 Å². The molecule has 0 N–H and O–H groups in total. The molecule has 1 aromatic carbocycles. The summed E-state index contributed by atoms with van der Waals surface area (Å²) < 4.78 is 36.4. The lowest BCUT2D eigenvalue weighted by atomic mass is 10.2. The Morgan fingerprint density at radius 1 is 1.15 bits per heavy atom. The Labute approximate surface area is 146 Å². The predicted molar refractivity (Wildman–Crippen MR) is 87.9 cm³/mol. The van der Waals surface area contributed by atoms with Gasteiger partial charge in [-0.3, -0.25) is 0 Å². The monoisotopic (exact) mass is 356 g/mol. The molecular formula is C17H14F2N6O. The molecule has 3 aromatic heterocycles. The first-order valence-electron chi connectivity index (χ1n) is 7.81. The minimum atomic E-state index is -0.757. The van der Waals surface area contributed by atoms with Crippen LogP contribution in [-0.4, -0.2) is 29.2 Å². The van der Waals surface area contributed by atoms with Gasteiger partial charge >= 0.3 is 0 Å². The van der Waals surface area contributed by atoms with Crippen LogP contribution in [0, 0.1) is 18.6 Å². The van der Waals surface area contributed by atoms with Crippen LogP contribution in [0.2, 0.25) is 0 Å². The first kappa shape index (κ1) is 16.1. The van der Waals surface area contributed by atoms with Gasteiger partial charge in [0.1, 0.15) is 28.7 Å². The molecule has 0 atom stereocenters. The second-order valence-corrected chi connectivity index (χ2v) is 5.78. The molecule has 7 nitrogen and oxygen atoms in total. The van der Waals surface area contributed by atoms with Crippen molar-refractivity contribution in [3.8, 4) is 23.0 Å². The van der Waals surface area contributed by atoms with E-state index >= 15 is 0 Å². The third-order valence-corrected chi connectivity index (χ3v) is 4.01. The first-order chi connectivity index (χ1) is 12.5. The van der Waals surface area contributed by atoms with Crippen molar-refractivity contribution in [3.05, 3.63) is 60.1 Å². The van der Waals surface area contributed by atoms with Crippen molar-refractivity contribution in [2.75, 3.05) is 0 Å². The molecule has 0 aliphatic rings. The second kappa shape index (κ2) is 6.17. The SMILES string of the molecule is Cc1nc(-c2nccn2Cc2noc(-c3c(F)cccc3F)n2)cn1C. The molecule has 26 heavy (non-hydrogen) atoms. The number of hydrogen-bond donors (Lipinski definition) is 0. The van der Waals surface area contributed by atoms with Crippen LogP contribution >= 0.6 is 0 Å². The Morgan fingerprint density at radius 2 is 1.92 bits per heavy atom. The van der Waals surface area contributed by atoms with Gasteiger partial charge in [-0.25, -0.2) is 18.7 Å². The summed E-state index contributed by atoms with van der Waals surface area (Å²) in [5.41, 5.74) is 0.372. The Kier molecular flexibility index (Phi) is 3.83. The number of imidazole rings is 2. The molecule has 0 radical (unpaired) electrons. The average Bonchev–Trinajstić information content (AvgIpc) is 3.30. The van der Waals surface area contributed by atoms with Crippen molar-refractivity contribution in [2.24, 2.45) is 7.05 Å². The maximum absolute atomic E-state index is 13.9. The van der Waals surface area contributed by atoms with E-state index in [2.05, 4.69) is 20.1 Å². The fourth-order valence-electron chi connectivity index (χ4n) is 2.61. The van der Waals surface area contributed by atoms with Crippen molar-refractivity contribution in [1.29, 1.82) is 0 Å². The third kappa shape index (κ3) is 2.77. The van der Waals surface area contributed by atoms with E-state index < -0.39 is 11.6 Å². The molecule has 0 spiro atoms. The number of nitrogens with zero attached hydrogens (tertiary/aromatic N) is 6. The second-order valence-electron chi connectivity index (χ2n) is 5.78. The van der Waals surface area contributed by atoms with E-state index in [0.29, 0.717) is 11.5 Å². The molecular weight excluding hydrogens is 342 g/mol. The summed E-state index contributed by atoms with van der Waals surface area (Å²) in [7, 11) is 1.90. The van der Waals surface area contributed by atoms with E-state index in [0.717, 1.165) is 18.0 Å². The summed E-state index contributed by atoms with van der Waals surface area (Å²) in [6.45, 7) is 2.12. The molecule has 0 aliphatic carbocycles. The molecule has 0 bridgehead atoms. The highest BCUT2D eigenvalue weighted by Crippen LogP contribution is 2.24. The quantitative estimate of drug-likeness (QED) is 0.562. The predicted octanol–water partition coefficient (Wildman–Crippen LogP) is 2.97. The van der Waals surface area contributed by atoms with Crippen molar-refractivity contribution in [3.63, 3.8) is 0 Å². The van der Waals surface area contributed by atoms with Gasteiger partial charge in [-0.15, -0.1) is 0 Å². The van der Waals surface area contributed by atoms with E-state index in [4.69, 9.17) is 4.52 Å². The summed E-state index contributed by atoms with van der Waals surface area (Å²) >= 11 is 0. The molecule has 0 saturated heterocycles. The molecule has 4 rings (SSSR count). The molecule has 0 saturated carbocycles. The lowest BCUT2D eigenvalue weighted by molar-refractivity contribution is 0.415. The summed E-state index contributed by atoms with van der Waals surface area (Å²) in [5, 5.41) is 3.81. The number of rotatable bonds is 4. The van der Waals surface area contributed by atoms with E-state index in [1.807, 2.05) is 24.7 Å². The fraction of sp³-hybridized carbons (Fsp3) is 0.176. The number of aryl methyl sites for hydroxylation is 2. The number of hydrogen-bond acceptors (Lipinski definition) is 5. The molecule has 9 heteroatoms. The Bertz CT molecular complexity index is 1040. The van der Waals surface area contributed by atoms with Crippen LogP contribution in [0.15, 0.2) is 41.3 Å². The number of halogens is 2. The lowest BCUT2D eigenvalue weighted by Gasteiger charge is -2.02. The molecule has 0 aliphatic heterocycles. The summed E-state index contributed by atoms with van der Waals surface area (Å²) in [6.07, 6.45) is 5.25. The summed E-state index contributed by atoms with van der Waals surface area (Å²) in [4.78, 5) is 12.9. The molecule has 0 fully saturated rings. The molecule has 0 unspecified atom stereocenters. The van der Waals surface area contributed by atoms with Gasteiger partial charge in [-0.2, -0.15) is 4.98 Å². The Balaban J connectivity index is 1.64. The molecule has 0 amide bonds. The van der Waals surface area contributed by atoms with E-state index in [1.54, 1.807) is 17.0 Å². The number of aromatic nitrogens is 6.